The van der Waals surface area contributed by atoms with Crippen LogP contribution in [0, 0.1) is 0 Å². The molecule has 0 amide bonds. The Bertz CT molecular complexity index is 1000. The zero-order chi connectivity index (χ0) is 20.3. The lowest BCUT2D eigenvalue weighted by atomic mass is 9.99. The van der Waals surface area contributed by atoms with Crippen LogP contribution in [0.1, 0.15) is 15.9 Å². The number of nitrogens with two attached hydrogens (primary N) is 1. The van der Waals surface area contributed by atoms with E-state index in [-0.39, 0.29) is 11.4 Å². The van der Waals surface area contributed by atoms with Gasteiger partial charge in [-0.1, -0.05) is 0 Å². The quantitative estimate of drug-likeness (QED) is 0.624. The number of nitrogens with zero attached hydrogens (tertiary/aromatic N) is 1. The van der Waals surface area contributed by atoms with Crippen molar-refractivity contribution in [2.45, 2.75) is 6.18 Å². The van der Waals surface area contributed by atoms with Gasteiger partial charge in [-0.2, -0.15) is 13.2 Å². The number of methoxy groups -OCH3 is 1. The van der Waals surface area contributed by atoms with E-state index in [1.54, 1.807) is 24.3 Å². The molecule has 28 heavy (non-hydrogen) atoms. The molecule has 0 radical (unpaired) electrons. The van der Waals surface area contributed by atoms with Crippen molar-refractivity contribution in [1.82, 2.24) is 4.98 Å². The predicted octanol–water partition coefficient (Wildman–Crippen LogP) is 4.88. The molecular formula is C20H16F3N3O2. The first kappa shape index (κ1) is 19.2. The number of anilines is 3. The van der Waals surface area contributed by atoms with Crippen LogP contribution in [0.15, 0.2) is 60.8 Å². The molecule has 0 aliphatic rings. The van der Waals surface area contributed by atoms with Crippen molar-refractivity contribution in [1.29, 1.82) is 0 Å². The molecule has 5 nitrogen and oxygen atoms in total. The summed E-state index contributed by atoms with van der Waals surface area (Å²) in [7, 11) is 1.28. The second-order valence-electron chi connectivity index (χ2n) is 5.92. The van der Waals surface area contributed by atoms with Crippen molar-refractivity contribution in [2.75, 3.05) is 18.2 Å². The minimum absolute atomic E-state index is 0.0159. The van der Waals surface area contributed by atoms with Gasteiger partial charge in [-0.15, -0.1) is 0 Å². The molecule has 0 unspecified atom stereocenters. The van der Waals surface area contributed by atoms with E-state index in [9.17, 15) is 18.0 Å². The summed E-state index contributed by atoms with van der Waals surface area (Å²) in [5.41, 5.74) is 6.56. The standard InChI is InChI=1S/C20H16F3N3O2/c1-28-19(27)12-2-4-14(5-3-12)26-15-6-7-17(20(21,22)23)16(11-15)13-8-9-25-18(24)10-13/h2-11,26H,1H3,(H2,24,25). The lowest BCUT2D eigenvalue weighted by Gasteiger charge is -2.16. The van der Waals surface area contributed by atoms with E-state index in [2.05, 4.69) is 15.0 Å². The normalized spacial score (nSPS) is 11.1. The van der Waals surface area contributed by atoms with E-state index < -0.39 is 17.7 Å². The molecule has 144 valence electrons. The number of carbonyl (C=O) groups excluding carboxylic acids is 1. The van der Waals surface area contributed by atoms with Gasteiger partial charge in [0.1, 0.15) is 5.82 Å². The molecule has 8 heteroatoms. The molecule has 0 atom stereocenters. The van der Waals surface area contributed by atoms with Gasteiger partial charge < -0.3 is 15.8 Å². The topological polar surface area (TPSA) is 77.2 Å². The van der Waals surface area contributed by atoms with Crippen molar-refractivity contribution in [3.8, 4) is 11.1 Å². The number of halogens is 3. The van der Waals surface area contributed by atoms with E-state index >= 15 is 0 Å². The molecular weight excluding hydrogens is 371 g/mol. The summed E-state index contributed by atoms with van der Waals surface area (Å²) in [6.07, 6.45) is -3.16. The molecule has 0 aliphatic heterocycles. The number of benzene rings is 2. The van der Waals surface area contributed by atoms with Crippen LogP contribution in [0.4, 0.5) is 30.4 Å². The maximum Gasteiger partial charge on any atom is 0.417 e. The third-order valence-electron chi connectivity index (χ3n) is 4.01. The average Bonchev–Trinajstić information content (AvgIpc) is 2.67. The SMILES string of the molecule is COC(=O)c1ccc(Nc2ccc(C(F)(F)F)c(-c3ccnc(N)c3)c2)cc1. The van der Waals surface area contributed by atoms with Gasteiger partial charge in [0.15, 0.2) is 0 Å². The van der Waals surface area contributed by atoms with Crippen molar-refractivity contribution < 1.29 is 22.7 Å². The van der Waals surface area contributed by atoms with Crippen molar-refractivity contribution in [2.24, 2.45) is 0 Å². The van der Waals surface area contributed by atoms with Crippen LogP contribution in [0.2, 0.25) is 0 Å². The number of pyridine rings is 1. The third kappa shape index (κ3) is 4.22. The smallest absolute Gasteiger partial charge is 0.417 e. The number of alkyl halides is 3. The second kappa shape index (κ2) is 7.59. The largest absolute Gasteiger partial charge is 0.465 e. The monoisotopic (exact) mass is 387 g/mol. The maximum absolute atomic E-state index is 13.4. The number of esters is 1. The molecule has 0 aliphatic carbocycles. The van der Waals surface area contributed by atoms with E-state index in [0.717, 1.165) is 6.07 Å². The molecule has 0 saturated carbocycles. The average molecular weight is 387 g/mol. The number of nitrogen functional groups attached to an aromatic ring is 1. The fourth-order valence-electron chi connectivity index (χ4n) is 2.70. The van der Waals surface area contributed by atoms with Crippen LogP contribution in [0.3, 0.4) is 0 Å². The number of aromatic nitrogens is 1. The molecule has 3 N–H and O–H groups in total. The highest BCUT2D eigenvalue weighted by molar-refractivity contribution is 5.89. The van der Waals surface area contributed by atoms with Crippen LogP contribution in [-0.2, 0) is 10.9 Å². The van der Waals surface area contributed by atoms with Crippen molar-refractivity contribution in [3.63, 3.8) is 0 Å². The summed E-state index contributed by atoms with van der Waals surface area (Å²) >= 11 is 0. The summed E-state index contributed by atoms with van der Waals surface area (Å²) in [6, 6.07) is 13.0. The zero-order valence-corrected chi connectivity index (χ0v) is 14.7. The molecule has 3 aromatic rings. The first-order chi connectivity index (χ1) is 13.3. The molecule has 0 spiro atoms. The van der Waals surface area contributed by atoms with Crippen LogP contribution in [-0.4, -0.2) is 18.1 Å². The zero-order valence-electron chi connectivity index (χ0n) is 14.7. The Morgan fingerprint density at radius 2 is 1.71 bits per heavy atom. The van der Waals surface area contributed by atoms with Crippen LogP contribution >= 0.6 is 0 Å². The van der Waals surface area contributed by atoms with E-state index in [0.29, 0.717) is 22.5 Å². The summed E-state index contributed by atoms with van der Waals surface area (Å²) < 4.78 is 44.9. The number of ether oxygens (including phenoxy) is 1. The number of hydrogen-bond acceptors (Lipinski definition) is 5. The Labute approximate surface area is 159 Å². The van der Waals surface area contributed by atoms with Gasteiger partial charge in [0, 0.05) is 17.6 Å². The van der Waals surface area contributed by atoms with E-state index in [1.807, 2.05) is 0 Å². The molecule has 2 aromatic carbocycles. The maximum atomic E-state index is 13.4. The first-order valence-electron chi connectivity index (χ1n) is 8.16. The second-order valence-corrected chi connectivity index (χ2v) is 5.92. The third-order valence-corrected chi connectivity index (χ3v) is 4.01. The molecule has 0 fully saturated rings. The van der Waals surface area contributed by atoms with Crippen molar-refractivity contribution >= 4 is 23.2 Å². The van der Waals surface area contributed by atoms with Gasteiger partial charge in [-0.25, -0.2) is 9.78 Å². The highest BCUT2D eigenvalue weighted by Crippen LogP contribution is 2.39. The lowest BCUT2D eigenvalue weighted by Crippen LogP contribution is -2.08. The van der Waals surface area contributed by atoms with Gasteiger partial charge >= 0.3 is 12.1 Å². The van der Waals surface area contributed by atoms with Gasteiger partial charge in [-0.3, -0.25) is 0 Å². The number of hydrogen-bond donors (Lipinski definition) is 2. The van der Waals surface area contributed by atoms with Crippen LogP contribution in [0.5, 0.6) is 0 Å². The van der Waals surface area contributed by atoms with E-state index in [1.165, 1.54) is 37.6 Å². The predicted molar refractivity (Wildman–Crippen MR) is 100 cm³/mol. The molecule has 0 bridgehead atoms. The number of carbonyl (C=O) groups is 1. The Morgan fingerprint density at radius 1 is 1.04 bits per heavy atom. The van der Waals surface area contributed by atoms with Crippen LogP contribution in [0.25, 0.3) is 11.1 Å². The summed E-state index contributed by atoms with van der Waals surface area (Å²) in [6.45, 7) is 0. The lowest BCUT2D eigenvalue weighted by molar-refractivity contribution is -0.137. The van der Waals surface area contributed by atoms with Gasteiger partial charge in [0.25, 0.3) is 0 Å². The number of rotatable bonds is 4. The van der Waals surface area contributed by atoms with Crippen LogP contribution < -0.4 is 11.1 Å². The molecule has 1 aromatic heterocycles. The number of nitrogens with one attached hydrogen (secondary N) is 1. The fraction of sp³-hybridized carbons (Fsp3) is 0.100. The Morgan fingerprint density at radius 3 is 2.32 bits per heavy atom. The molecule has 1 heterocycles. The van der Waals surface area contributed by atoms with Gasteiger partial charge in [-0.05, 0) is 65.7 Å². The first-order valence-corrected chi connectivity index (χ1v) is 8.16. The summed E-state index contributed by atoms with van der Waals surface area (Å²) in [4.78, 5) is 15.3. The summed E-state index contributed by atoms with van der Waals surface area (Å²) in [5.74, 6) is -0.346. The Hall–Kier alpha value is -3.55. The minimum atomic E-state index is -4.52. The highest BCUT2D eigenvalue weighted by Gasteiger charge is 2.33. The molecule has 0 saturated heterocycles. The molecule has 3 rings (SSSR count). The summed E-state index contributed by atoms with van der Waals surface area (Å²) in [5, 5.41) is 3.03. The van der Waals surface area contributed by atoms with Gasteiger partial charge in [0.2, 0.25) is 0 Å². The van der Waals surface area contributed by atoms with E-state index in [4.69, 9.17) is 5.73 Å². The Balaban J connectivity index is 1.97. The highest BCUT2D eigenvalue weighted by atomic mass is 19.4. The van der Waals surface area contributed by atoms with Gasteiger partial charge in [0.05, 0.1) is 18.2 Å². The Kier molecular flexibility index (Phi) is 5.21. The van der Waals surface area contributed by atoms with Crippen molar-refractivity contribution in [3.05, 3.63) is 71.9 Å². The fourth-order valence-corrected chi connectivity index (χ4v) is 2.70. The minimum Gasteiger partial charge on any atom is -0.465 e.